The molecule has 4 N–H and O–H groups in total. The Morgan fingerprint density at radius 3 is 2.67 bits per heavy atom. The Kier molecular flexibility index (Phi) is 4.34. The molecule has 0 saturated heterocycles. The van der Waals surface area contributed by atoms with E-state index in [2.05, 4.69) is 21.2 Å². The molecule has 0 spiro atoms. The standard InChI is InChI=1S/C12H8BrF2N3O3/c13-5-1-2-8(7(14)3-5)17-10-6(11(19)18-21)4-16-12(20)9(10)15/h1-4,21H,(H,18,19)(H2,16,17,20). The number of hydrogen-bond donors (Lipinski definition) is 4. The number of aromatic amines is 1. The van der Waals surface area contributed by atoms with Gasteiger partial charge in [-0.2, -0.15) is 4.39 Å². The molecule has 0 aliphatic heterocycles. The average Bonchev–Trinajstić information content (AvgIpc) is 2.45. The first-order chi connectivity index (χ1) is 9.93. The molecular formula is C12H8BrF2N3O3. The number of amides is 1. The summed E-state index contributed by atoms with van der Waals surface area (Å²) in [6, 6.07) is 3.90. The summed E-state index contributed by atoms with van der Waals surface area (Å²) in [5.74, 6) is -3.09. The molecule has 2 rings (SSSR count). The lowest BCUT2D eigenvalue weighted by molar-refractivity contribution is 0.0706. The third-order valence-electron chi connectivity index (χ3n) is 2.57. The summed E-state index contributed by atoms with van der Waals surface area (Å²) in [5, 5.41) is 10.9. The van der Waals surface area contributed by atoms with Crippen LogP contribution in [0.2, 0.25) is 0 Å². The third-order valence-corrected chi connectivity index (χ3v) is 3.07. The highest BCUT2D eigenvalue weighted by Crippen LogP contribution is 2.26. The van der Waals surface area contributed by atoms with E-state index in [4.69, 9.17) is 5.21 Å². The van der Waals surface area contributed by atoms with E-state index in [1.165, 1.54) is 17.6 Å². The SMILES string of the molecule is O=C(NO)c1c[nH]c(=O)c(F)c1Nc1ccc(Br)cc1F. The molecule has 1 aromatic heterocycles. The lowest BCUT2D eigenvalue weighted by Gasteiger charge is -2.12. The molecule has 0 bridgehead atoms. The number of halogens is 3. The summed E-state index contributed by atoms with van der Waals surface area (Å²) in [4.78, 5) is 24.7. The summed E-state index contributed by atoms with van der Waals surface area (Å²) in [5.41, 5.74) is -0.869. The predicted octanol–water partition coefficient (Wildman–Crippen LogP) is 2.28. The molecule has 110 valence electrons. The summed E-state index contributed by atoms with van der Waals surface area (Å²) >= 11 is 3.06. The maximum Gasteiger partial charge on any atom is 0.286 e. The second kappa shape index (κ2) is 6.02. The highest BCUT2D eigenvalue weighted by atomic mass is 79.9. The van der Waals surface area contributed by atoms with E-state index in [-0.39, 0.29) is 5.69 Å². The van der Waals surface area contributed by atoms with Gasteiger partial charge in [-0.15, -0.1) is 0 Å². The second-order valence-electron chi connectivity index (χ2n) is 3.91. The Hall–Kier alpha value is -2.26. The quantitative estimate of drug-likeness (QED) is 0.499. The number of carbonyl (C=O) groups excluding carboxylic acids is 1. The van der Waals surface area contributed by atoms with Gasteiger partial charge in [0, 0.05) is 10.7 Å². The van der Waals surface area contributed by atoms with Crippen molar-refractivity contribution in [2.45, 2.75) is 0 Å². The molecule has 0 saturated carbocycles. The number of benzene rings is 1. The molecular weight excluding hydrogens is 352 g/mol. The molecule has 0 unspecified atom stereocenters. The Labute approximate surface area is 124 Å². The smallest absolute Gasteiger partial charge is 0.286 e. The molecule has 1 amide bonds. The van der Waals surface area contributed by atoms with Crippen molar-refractivity contribution in [2.24, 2.45) is 0 Å². The van der Waals surface area contributed by atoms with Crippen molar-refractivity contribution >= 4 is 33.2 Å². The van der Waals surface area contributed by atoms with E-state index in [0.717, 1.165) is 12.3 Å². The van der Waals surface area contributed by atoms with Gasteiger partial charge in [0.15, 0.2) is 0 Å². The summed E-state index contributed by atoms with van der Waals surface area (Å²) in [6.45, 7) is 0. The number of pyridine rings is 1. The fraction of sp³-hybridized carbons (Fsp3) is 0. The van der Waals surface area contributed by atoms with E-state index in [9.17, 15) is 18.4 Å². The van der Waals surface area contributed by atoms with Crippen LogP contribution >= 0.6 is 15.9 Å². The Morgan fingerprint density at radius 1 is 1.33 bits per heavy atom. The largest absolute Gasteiger partial charge is 0.350 e. The van der Waals surface area contributed by atoms with E-state index in [1.807, 2.05) is 4.98 Å². The Bertz CT molecular complexity index is 764. The maximum atomic E-state index is 13.9. The first-order valence-electron chi connectivity index (χ1n) is 5.51. The first-order valence-corrected chi connectivity index (χ1v) is 6.31. The van der Waals surface area contributed by atoms with Crippen molar-refractivity contribution in [2.75, 3.05) is 5.32 Å². The van der Waals surface area contributed by atoms with Crippen LogP contribution in [-0.2, 0) is 0 Å². The fourth-order valence-electron chi connectivity index (χ4n) is 1.59. The molecule has 0 fully saturated rings. The van der Waals surface area contributed by atoms with Gasteiger partial charge in [0.2, 0.25) is 5.82 Å². The van der Waals surface area contributed by atoms with Crippen LogP contribution in [0.25, 0.3) is 0 Å². The lowest BCUT2D eigenvalue weighted by atomic mass is 10.2. The highest BCUT2D eigenvalue weighted by Gasteiger charge is 2.19. The van der Waals surface area contributed by atoms with Crippen LogP contribution in [0.15, 0.2) is 33.7 Å². The topological polar surface area (TPSA) is 94.2 Å². The van der Waals surface area contributed by atoms with Crippen molar-refractivity contribution < 1.29 is 18.8 Å². The van der Waals surface area contributed by atoms with Gasteiger partial charge in [-0.25, -0.2) is 9.87 Å². The van der Waals surface area contributed by atoms with Crippen molar-refractivity contribution in [3.63, 3.8) is 0 Å². The number of hydrogen-bond acceptors (Lipinski definition) is 4. The van der Waals surface area contributed by atoms with Gasteiger partial charge in [-0.05, 0) is 18.2 Å². The van der Waals surface area contributed by atoms with Crippen LogP contribution in [0.1, 0.15) is 10.4 Å². The number of rotatable bonds is 3. The van der Waals surface area contributed by atoms with E-state index < -0.39 is 34.4 Å². The number of carbonyl (C=O) groups is 1. The minimum Gasteiger partial charge on any atom is -0.350 e. The zero-order chi connectivity index (χ0) is 15.6. The summed E-state index contributed by atoms with van der Waals surface area (Å²) in [6.07, 6.45) is 0.899. The monoisotopic (exact) mass is 359 g/mol. The average molecular weight is 360 g/mol. The zero-order valence-corrected chi connectivity index (χ0v) is 11.8. The zero-order valence-electron chi connectivity index (χ0n) is 10.2. The van der Waals surface area contributed by atoms with Gasteiger partial charge in [0.05, 0.1) is 16.9 Å². The predicted molar refractivity (Wildman–Crippen MR) is 73.7 cm³/mol. The summed E-state index contributed by atoms with van der Waals surface area (Å²) < 4.78 is 28.1. The minimum absolute atomic E-state index is 0.144. The van der Waals surface area contributed by atoms with Gasteiger partial charge in [-0.1, -0.05) is 15.9 Å². The lowest BCUT2D eigenvalue weighted by Crippen LogP contribution is -2.24. The number of anilines is 2. The molecule has 21 heavy (non-hydrogen) atoms. The van der Waals surface area contributed by atoms with Crippen LogP contribution in [0, 0.1) is 11.6 Å². The van der Waals surface area contributed by atoms with E-state index >= 15 is 0 Å². The molecule has 9 heteroatoms. The normalized spacial score (nSPS) is 10.3. The molecule has 0 aliphatic rings. The van der Waals surface area contributed by atoms with Crippen molar-refractivity contribution in [3.05, 3.63) is 56.4 Å². The molecule has 2 aromatic rings. The van der Waals surface area contributed by atoms with E-state index in [0.29, 0.717) is 4.47 Å². The number of nitrogens with one attached hydrogen (secondary N) is 3. The van der Waals surface area contributed by atoms with Gasteiger partial charge in [0.25, 0.3) is 11.5 Å². The highest BCUT2D eigenvalue weighted by molar-refractivity contribution is 9.10. The molecule has 1 aromatic carbocycles. The van der Waals surface area contributed by atoms with E-state index in [1.54, 1.807) is 0 Å². The van der Waals surface area contributed by atoms with Gasteiger partial charge >= 0.3 is 0 Å². The fourth-order valence-corrected chi connectivity index (χ4v) is 1.93. The van der Waals surface area contributed by atoms with Crippen molar-refractivity contribution in [3.8, 4) is 0 Å². The molecule has 0 atom stereocenters. The Morgan fingerprint density at radius 2 is 2.05 bits per heavy atom. The third kappa shape index (κ3) is 3.09. The van der Waals surface area contributed by atoms with Crippen LogP contribution < -0.4 is 16.4 Å². The Balaban J connectivity index is 2.54. The molecule has 0 aliphatic carbocycles. The first kappa shape index (κ1) is 15.1. The van der Waals surface area contributed by atoms with Crippen molar-refractivity contribution in [1.29, 1.82) is 0 Å². The number of aromatic nitrogens is 1. The number of hydroxylamine groups is 1. The molecule has 0 radical (unpaired) electrons. The second-order valence-corrected chi connectivity index (χ2v) is 4.83. The van der Waals surface area contributed by atoms with Crippen LogP contribution in [0.4, 0.5) is 20.2 Å². The molecule has 6 nitrogen and oxygen atoms in total. The maximum absolute atomic E-state index is 13.9. The van der Waals surface area contributed by atoms with Gasteiger partial charge < -0.3 is 10.3 Å². The number of H-pyrrole nitrogens is 1. The van der Waals surface area contributed by atoms with Crippen molar-refractivity contribution in [1.82, 2.24) is 10.5 Å². The summed E-state index contributed by atoms with van der Waals surface area (Å²) in [7, 11) is 0. The van der Waals surface area contributed by atoms with Gasteiger partial charge in [0.1, 0.15) is 5.82 Å². The minimum atomic E-state index is -1.31. The van der Waals surface area contributed by atoms with Crippen LogP contribution in [0.3, 0.4) is 0 Å². The van der Waals surface area contributed by atoms with Crippen LogP contribution in [0.5, 0.6) is 0 Å². The molecule has 1 heterocycles. The van der Waals surface area contributed by atoms with Crippen LogP contribution in [-0.4, -0.2) is 16.1 Å². The van der Waals surface area contributed by atoms with Gasteiger partial charge in [-0.3, -0.25) is 14.8 Å².